The fourth-order valence-electron chi connectivity index (χ4n) is 2.77. The Kier molecular flexibility index (Phi) is 4.59. The van der Waals surface area contributed by atoms with E-state index >= 15 is 0 Å². The Morgan fingerprint density at radius 3 is 2.55 bits per heavy atom. The normalized spacial score (nSPS) is 19.2. The molecule has 2 rings (SSSR count). The third-order valence-electron chi connectivity index (χ3n) is 3.88. The van der Waals surface area contributed by atoms with E-state index in [1.54, 1.807) is 0 Å². The van der Waals surface area contributed by atoms with Crippen LogP contribution in [0.1, 0.15) is 49.8 Å². The smallest absolute Gasteiger partial charge is 0.410 e. The van der Waals surface area contributed by atoms with Gasteiger partial charge in [0.05, 0.1) is 6.54 Å². The molecule has 0 aromatic heterocycles. The molecule has 1 aromatic carbocycles. The Labute approximate surface area is 132 Å². The van der Waals surface area contributed by atoms with E-state index in [0.29, 0.717) is 13.0 Å². The summed E-state index contributed by atoms with van der Waals surface area (Å²) in [5.74, 6) is -0.0237. The number of hydrogen-bond donors (Lipinski definition) is 0. The molecule has 0 saturated carbocycles. The molecule has 0 bridgehead atoms. The van der Waals surface area contributed by atoms with E-state index in [1.807, 2.05) is 34.6 Å². The van der Waals surface area contributed by atoms with E-state index in [1.165, 1.54) is 4.90 Å². The number of ketones is 1. The van der Waals surface area contributed by atoms with Crippen molar-refractivity contribution in [1.29, 1.82) is 0 Å². The predicted molar refractivity (Wildman–Crippen MR) is 86.1 cm³/mol. The molecule has 1 amide bonds. The zero-order valence-corrected chi connectivity index (χ0v) is 14.1. The Morgan fingerprint density at radius 2 is 1.95 bits per heavy atom. The number of Topliss-reactive ketones (excluding diaryl/α,β-unsaturated/α-hetero) is 1. The molecule has 0 N–H and O–H groups in total. The van der Waals surface area contributed by atoms with Gasteiger partial charge in [0.2, 0.25) is 0 Å². The number of carbonyl (C=O) groups excluding carboxylic acids is 2. The maximum Gasteiger partial charge on any atom is 0.410 e. The maximum absolute atomic E-state index is 12.5. The minimum Gasteiger partial charge on any atom is -0.444 e. The van der Waals surface area contributed by atoms with Crippen LogP contribution in [0.3, 0.4) is 0 Å². The fraction of sp³-hybridized carbons (Fsp3) is 0.556. The van der Waals surface area contributed by atoms with Crippen molar-refractivity contribution < 1.29 is 14.3 Å². The highest BCUT2D eigenvalue weighted by Gasteiger charge is 2.33. The lowest BCUT2D eigenvalue weighted by Crippen LogP contribution is -2.45. The topological polar surface area (TPSA) is 46.6 Å². The van der Waals surface area contributed by atoms with Crippen LogP contribution in [0.5, 0.6) is 0 Å². The first-order valence-corrected chi connectivity index (χ1v) is 7.75. The molecule has 0 unspecified atom stereocenters. The van der Waals surface area contributed by atoms with Gasteiger partial charge in [-0.1, -0.05) is 23.8 Å². The number of aryl methyl sites for hydroxylation is 2. The van der Waals surface area contributed by atoms with Crippen molar-refractivity contribution >= 4 is 11.9 Å². The lowest BCUT2D eigenvalue weighted by Gasteiger charge is -2.33. The van der Waals surface area contributed by atoms with Crippen molar-refractivity contribution in [2.45, 2.75) is 52.6 Å². The average molecular weight is 303 g/mol. The molecule has 1 heterocycles. The summed E-state index contributed by atoms with van der Waals surface area (Å²) in [5.41, 5.74) is 2.84. The fourth-order valence-corrected chi connectivity index (χ4v) is 2.77. The van der Waals surface area contributed by atoms with Gasteiger partial charge in [0.25, 0.3) is 0 Å². The van der Waals surface area contributed by atoms with Gasteiger partial charge in [-0.15, -0.1) is 0 Å². The number of benzene rings is 1. The lowest BCUT2D eigenvalue weighted by molar-refractivity contribution is -0.123. The highest BCUT2D eigenvalue weighted by molar-refractivity contribution is 5.91. The van der Waals surface area contributed by atoms with Crippen LogP contribution in [0, 0.1) is 13.8 Å². The monoisotopic (exact) mass is 303 g/mol. The van der Waals surface area contributed by atoms with E-state index in [-0.39, 0.29) is 18.2 Å². The standard InChI is InChI=1S/C18H25NO3/c1-12-6-7-13(2)15(10-12)14-8-9-19(11-16(14)20)17(21)22-18(3,4)5/h6-7,10,14H,8-9,11H2,1-5H3/t14-/m1/s1. The Bertz CT molecular complexity index is 586. The van der Waals surface area contributed by atoms with Gasteiger partial charge in [-0.25, -0.2) is 4.79 Å². The maximum atomic E-state index is 12.5. The summed E-state index contributed by atoms with van der Waals surface area (Å²) in [5, 5.41) is 0. The van der Waals surface area contributed by atoms with Crippen LogP contribution in [0.2, 0.25) is 0 Å². The SMILES string of the molecule is Cc1ccc(C)c([C@H]2CCN(C(=O)OC(C)(C)C)CC2=O)c1. The van der Waals surface area contributed by atoms with E-state index < -0.39 is 11.7 Å². The Morgan fingerprint density at radius 1 is 1.27 bits per heavy atom. The van der Waals surface area contributed by atoms with Gasteiger partial charge in [0.15, 0.2) is 5.78 Å². The number of likely N-dealkylation sites (tertiary alicyclic amines) is 1. The van der Waals surface area contributed by atoms with Crippen LogP contribution < -0.4 is 0 Å². The number of nitrogens with zero attached hydrogens (tertiary/aromatic N) is 1. The lowest BCUT2D eigenvalue weighted by atomic mass is 9.85. The molecule has 22 heavy (non-hydrogen) atoms. The van der Waals surface area contributed by atoms with E-state index in [9.17, 15) is 9.59 Å². The second-order valence-corrected chi connectivity index (χ2v) is 7.07. The van der Waals surface area contributed by atoms with Gasteiger partial charge < -0.3 is 9.64 Å². The van der Waals surface area contributed by atoms with E-state index in [2.05, 4.69) is 18.2 Å². The third kappa shape index (κ3) is 3.87. The molecule has 1 aliphatic heterocycles. The predicted octanol–water partition coefficient (Wildman–Crippen LogP) is 3.60. The van der Waals surface area contributed by atoms with Gasteiger partial charge in [-0.3, -0.25) is 4.79 Å². The number of rotatable bonds is 1. The van der Waals surface area contributed by atoms with Crippen LogP contribution in [0.4, 0.5) is 4.79 Å². The molecule has 0 radical (unpaired) electrons. The third-order valence-corrected chi connectivity index (χ3v) is 3.88. The van der Waals surface area contributed by atoms with E-state index in [0.717, 1.165) is 16.7 Å². The minimum atomic E-state index is -0.538. The number of ether oxygens (including phenoxy) is 1. The molecule has 1 atom stereocenters. The van der Waals surface area contributed by atoms with Crippen molar-refractivity contribution in [3.05, 3.63) is 34.9 Å². The van der Waals surface area contributed by atoms with Gasteiger partial charge in [-0.2, -0.15) is 0 Å². The summed E-state index contributed by atoms with van der Waals surface area (Å²) in [6, 6.07) is 6.19. The second kappa shape index (κ2) is 6.11. The summed E-state index contributed by atoms with van der Waals surface area (Å²) in [6.45, 7) is 10.2. The van der Waals surface area contributed by atoms with Crippen LogP contribution >= 0.6 is 0 Å². The zero-order chi connectivity index (χ0) is 16.5. The van der Waals surface area contributed by atoms with Gasteiger partial charge >= 0.3 is 6.09 Å². The quantitative estimate of drug-likeness (QED) is 0.796. The summed E-state index contributed by atoms with van der Waals surface area (Å²) in [4.78, 5) is 26.1. The summed E-state index contributed by atoms with van der Waals surface area (Å²) >= 11 is 0. The molecular weight excluding hydrogens is 278 g/mol. The van der Waals surface area contributed by atoms with Crippen molar-refractivity contribution in [1.82, 2.24) is 4.90 Å². The molecule has 120 valence electrons. The van der Waals surface area contributed by atoms with Crippen molar-refractivity contribution in [2.75, 3.05) is 13.1 Å². The molecule has 4 heteroatoms. The molecule has 1 aliphatic rings. The van der Waals surface area contributed by atoms with Crippen LogP contribution in [-0.2, 0) is 9.53 Å². The van der Waals surface area contributed by atoms with Crippen molar-refractivity contribution in [3.63, 3.8) is 0 Å². The summed E-state index contributed by atoms with van der Waals surface area (Å²) < 4.78 is 5.34. The van der Waals surface area contributed by atoms with Gasteiger partial charge in [0.1, 0.15) is 5.60 Å². The number of amides is 1. The number of piperidine rings is 1. The van der Waals surface area contributed by atoms with E-state index in [4.69, 9.17) is 4.74 Å². The molecule has 0 spiro atoms. The summed E-state index contributed by atoms with van der Waals surface area (Å²) in [7, 11) is 0. The van der Waals surface area contributed by atoms with Crippen LogP contribution in [0.15, 0.2) is 18.2 Å². The van der Waals surface area contributed by atoms with Crippen molar-refractivity contribution in [3.8, 4) is 0 Å². The largest absolute Gasteiger partial charge is 0.444 e. The summed E-state index contributed by atoms with van der Waals surface area (Å²) in [6.07, 6.45) is 0.253. The molecule has 1 saturated heterocycles. The van der Waals surface area contributed by atoms with Crippen LogP contribution in [-0.4, -0.2) is 35.5 Å². The van der Waals surface area contributed by atoms with Crippen molar-refractivity contribution in [2.24, 2.45) is 0 Å². The van der Waals surface area contributed by atoms with Crippen LogP contribution in [0.25, 0.3) is 0 Å². The first-order valence-electron chi connectivity index (χ1n) is 7.75. The first kappa shape index (κ1) is 16.5. The molecular formula is C18H25NO3. The number of carbonyl (C=O) groups is 2. The van der Waals surface area contributed by atoms with Gasteiger partial charge in [0, 0.05) is 12.5 Å². The number of hydrogen-bond acceptors (Lipinski definition) is 3. The molecule has 4 nitrogen and oxygen atoms in total. The highest BCUT2D eigenvalue weighted by Crippen LogP contribution is 2.29. The molecule has 1 aromatic rings. The van der Waals surface area contributed by atoms with Gasteiger partial charge in [-0.05, 0) is 52.2 Å². The first-order chi connectivity index (χ1) is 10.2. The Hall–Kier alpha value is -1.84. The molecule has 0 aliphatic carbocycles. The highest BCUT2D eigenvalue weighted by atomic mass is 16.6. The second-order valence-electron chi connectivity index (χ2n) is 7.07. The minimum absolute atomic E-state index is 0.0887. The Balaban J connectivity index is 2.09. The molecule has 1 fully saturated rings. The average Bonchev–Trinajstić information content (AvgIpc) is 2.40. The zero-order valence-electron chi connectivity index (χ0n) is 14.1.